The Balaban J connectivity index is 1.71. The summed E-state index contributed by atoms with van der Waals surface area (Å²) in [6, 6.07) is -0.666. The molecule has 0 radical (unpaired) electrons. The van der Waals surface area contributed by atoms with E-state index < -0.39 is 46.2 Å². The highest BCUT2D eigenvalue weighted by atomic mass is 32.2. The van der Waals surface area contributed by atoms with Crippen molar-refractivity contribution in [3.05, 3.63) is 29.8 Å². The highest BCUT2D eigenvalue weighted by Crippen LogP contribution is 2.28. The highest BCUT2D eigenvalue weighted by Gasteiger charge is 2.34. The number of aromatic nitrogens is 4. The number of piperazine rings is 1. The van der Waals surface area contributed by atoms with Gasteiger partial charge in [-0.05, 0) is 13.0 Å². The molecule has 3 heterocycles. The number of hydrogen-bond acceptors (Lipinski definition) is 5. The van der Waals surface area contributed by atoms with Gasteiger partial charge in [0.1, 0.15) is 22.3 Å². The SMILES string of the molecule is CC(C(=O)N1CCN(S(=O)(=O)c2cnn(C)c2)CC1)n1nc(C(F)F)cc1C(F)F. The zero-order valence-electron chi connectivity index (χ0n) is 16.1. The number of carbonyl (C=O) groups is 1. The molecule has 14 heteroatoms. The van der Waals surface area contributed by atoms with Gasteiger partial charge < -0.3 is 4.90 Å². The molecule has 1 fully saturated rings. The van der Waals surface area contributed by atoms with E-state index in [9.17, 15) is 30.8 Å². The molecule has 0 spiro atoms. The third kappa shape index (κ3) is 4.19. The first-order valence-corrected chi connectivity index (χ1v) is 10.4. The summed E-state index contributed by atoms with van der Waals surface area (Å²) >= 11 is 0. The van der Waals surface area contributed by atoms with Crippen molar-refractivity contribution >= 4 is 15.9 Å². The fraction of sp³-hybridized carbons (Fsp3) is 0.562. The number of carbonyl (C=O) groups excluding carboxylic acids is 1. The molecule has 1 saturated heterocycles. The van der Waals surface area contributed by atoms with Gasteiger partial charge in [0.05, 0.1) is 6.20 Å². The Bertz CT molecular complexity index is 1010. The molecule has 0 N–H and O–H groups in total. The Morgan fingerprint density at radius 1 is 1.10 bits per heavy atom. The van der Waals surface area contributed by atoms with Gasteiger partial charge in [-0.2, -0.15) is 14.5 Å². The van der Waals surface area contributed by atoms with Crippen molar-refractivity contribution in [3.8, 4) is 0 Å². The maximum atomic E-state index is 13.2. The molecule has 2 aromatic heterocycles. The van der Waals surface area contributed by atoms with Crippen molar-refractivity contribution in [2.75, 3.05) is 26.2 Å². The van der Waals surface area contributed by atoms with Crippen LogP contribution in [0.15, 0.2) is 23.4 Å². The van der Waals surface area contributed by atoms with Gasteiger partial charge in [0, 0.05) is 39.4 Å². The molecule has 1 aliphatic rings. The molecule has 1 amide bonds. The zero-order chi connectivity index (χ0) is 22.2. The first-order valence-electron chi connectivity index (χ1n) is 8.95. The van der Waals surface area contributed by atoms with E-state index in [0.717, 1.165) is 0 Å². The quantitative estimate of drug-likeness (QED) is 0.621. The van der Waals surface area contributed by atoms with Crippen LogP contribution in [0, 0.1) is 0 Å². The second-order valence-electron chi connectivity index (χ2n) is 6.80. The third-order valence-electron chi connectivity index (χ3n) is 4.82. The molecule has 0 bridgehead atoms. The van der Waals surface area contributed by atoms with Crippen LogP contribution in [0.2, 0.25) is 0 Å². The summed E-state index contributed by atoms with van der Waals surface area (Å²) in [5, 5.41) is 7.30. The molecule has 0 saturated carbocycles. The third-order valence-corrected chi connectivity index (χ3v) is 6.68. The molecule has 1 atom stereocenters. The summed E-state index contributed by atoms with van der Waals surface area (Å²) in [5.74, 6) is -0.612. The lowest BCUT2D eigenvalue weighted by Crippen LogP contribution is -2.51. The van der Waals surface area contributed by atoms with Crippen LogP contribution < -0.4 is 0 Å². The van der Waals surface area contributed by atoms with E-state index in [4.69, 9.17) is 0 Å². The standard InChI is InChI=1S/C16H20F4N6O3S/c1-10(26-13(15(19)20)7-12(22-26)14(17)18)16(27)24-3-5-25(6-4-24)30(28,29)11-8-21-23(2)9-11/h7-10,14-15H,3-6H2,1-2H3. The summed E-state index contributed by atoms with van der Waals surface area (Å²) < 4.78 is 80.5. The molecule has 1 unspecified atom stereocenters. The number of nitrogens with zero attached hydrogens (tertiary/aromatic N) is 6. The van der Waals surface area contributed by atoms with Crippen LogP contribution in [0.5, 0.6) is 0 Å². The Morgan fingerprint density at radius 3 is 2.23 bits per heavy atom. The summed E-state index contributed by atoms with van der Waals surface area (Å²) in [6.07, 6.45) is -3.55. The molecule has 9 nitrogen and oxygen atoms in total. The summed E-state index contributed by atoms with van der Waals surface area (Å²) in [6.45, 7) is 1.33. The van der Waals surface area contributed by atoms with E-state index >= 15 is 0 Å². The average Bonchev–Trinajstić information content (AvgIpc) is 3.34. The largest absolute Gasteiger partial charge is 0.338 e. The maximum Gasteiger partial charge on any atom is 0.282 e. The second kappa shape index (κ2) is 8.34. The van der Waals surface area contributed by atoms with Crippen LogP contribution in [-0.4, -0.2) is 69.3 Å². The summed E-state index contributed by atoms with van der Waals surface area (Å²) in [7, 11) is -2.19. The molecule has 30 heavy (non-hydrogen) atoms. The molecule has 2 aromatic rings. The molecule has 0 aliphatic carbocycles. The monoisotopic (exact) mass is 452 g/mol. The van der Waals surface area contributed by atoms with Crippen molar-refractivity contribution < 1.29 is 30.8 Å². The summed E-state index contributed by atoms with van der Waals surface area (Å²) in [4.78, 5) is 14.1. The number of amides is 1. The Kier molecular flexibility index (Phi) is 6.17. The predicted molar refractivity (Wildman–Crippen MR) is 95.4 cm³/mol. The minimum absolute atomic E-state index is 0.00121. The zero-order valence-corrected chi connectivity index (χ0v) is 16.9. The van der Waals surface area contributed by atoms with Crippen LogP contribution in [0.3, 0.4) is 0 Å². The number of hydrogen-bond donors (Lipinski definition) is 0. The maximum absolute atomic E-state index is 13.2. The van der Waals surface area contributed by atoms with Gasteiger partial charge in [-0.3, -0.25) is 14.2 Å². The van der Waals surface area contributed by atoms with Crippen molar-refractivity contribution in [1.82, 2.24) is 28.8 Å². The van der Waals surface area contributed by atoms with Gasteiger partial charge >= 0.3 is 0 Å². The Morgan fingerprint density at radius 2 is 1.73 bits per heavy atom. The predicted octanol–water partition coefficient (Wildman–Crippen LogP) is 1.59. The highest BCUT2D eigenvalue weighted by molar-refractivity contribution is 7.89. The van der Waals surface area contributed by atoms with Crippen LogP contribution >= 0.6 is 0 Å². The van der Waals surface area contributed by atoms with E-state index in [1.165, 1.54) is 33.2 Å². The van der Waals surface area contributed by atoms with Crippen molar-refractivity contribution in [2.45, 2.75) is 30.7 Å². The lowest BCUT2D eigenvalue weighted by Gasteiger charge is -2.35. The number of sulfonamides is 1. The van der Waals surface area contributed by atoms with Gasteiger partial charge in [-0.1, -0.05) is 0 Å². The number of alkyl halides is 4. The first-order chi connectivity index (χ1) is 14.0. The Hall–Kier alpha value is -2.48. The normalized spacial score (nSPS) is 17.1. The van der Waals surface area contributed by atoms with Crippen molar-refractivity contribution in [2.24, 2.45) is 7.05 Å². The topological polar surface area (TPSA) is 93.3 Å². The van der Waals surface area contributed by atoms with Gasteiger partial charge in [0.25, 0.3) is 12.9 Å². The molecule has 1 aliphatic heterocycles. The van der Waals surface area contributed by atoms with Crippen LogP contribution in [0.1, 0.15) is 37.2 Å². The van der Waals surface area contributed by atoms with E-state index in [0.29, 0.717) is 10.7 Å². The smallest absolute Gasteiger partial charge is 0.282 e. The van der Waals surface area contributed by atoms with Gasteiger partial charge in [0.2, 0.25) is 15.9 Å². The minimum atomic E-state index is -3.77. The Labute approximate surface area is 169 Å². The fourth-order valence-electron chi connectivity index (χ4n) is 3.21. The van der Waals surface area contributed by atoms with Crippen LogP contribution in [0.25, 0.3) is 0 Å². The van der Waals surface area contributed by atoms with Crippen LogP contribution in [0.4, 0.5) is 17.6 Å². The van der Waals surface area contributed by atoms with E-state index in [1.54, 1.807) is 7.05 Å². The lowest BCUT2D eigenvalue weighted by molar-refractivity contribution is -0.135. The van der Waals surface area contributed by atoms with Crippen LogP contribution in [-0.2, 0) is 21.9 Å². The van der Waals surface area contributed by atoms with E-state index in [-0.39, 0.29) is 31.1 Å². The lowest BCUT2D eigenvalue weighted by atomic mass is 10.2. The van der Waals surface area contributed by atoms with Crippen molar-refractivity contribution in [1.29, 1.82) is 0 Å². The molecular weight excluding hydrogens is 432 g/mol. The summed E-state index contributed by atoms with van der Waals surface area (Å²) in [5.41, 5.74) is -1.61. The van der Waals surface area contributed by atoms with Gasteiger partial charge in [0.15, 0.2) is 0 Å². The fourth-order valence-corrected chi connectivity index (χ4v) is 4.62. The second-order valence-corrected chi connectivity index (χ2v) is 8.73. The van der Waals surface area contributed by atoms with E-state index in [1.807, 2.05) is 0 Å². The van der Waals surface area contributed by atoms with Gasteiger partial charge in [-0.15, -0.1) is 0 Å². The number of halogens is 4. The molecule has 0 aromatic carbocycles. The molecule has 166 valence electrons. The van der Waals surface area contributed by atoms with Crippen molar-refractivity contribution in [3.63, 3.8) is 0 Å². The van der Waals surface area contributed by atoms with Gasteiger partial charge in [-0.25, -0.2) is 26.0 Å². The first kappa shape index (κ1) is 22.2. The molecule has 3 rings (SSSR count). The number of rotatable bonds is 6. The molecular formula is C16H20F4N6O3S. The average molecular weight is 452 g/mol. The number of aryl methyl sites for hydroxylation is 1. The minimum Gasteiger partial charge on any atom is -0.338 e. The van der Waals surface area contributed by atoms with E-state index in [2.05, 4.69) is 10.2 Å².